The van der Waals surface area contributed by atoms with Gasteiger partial charge in [-0.15, -0.1) is 0 Å². The van der Waals surface area contributed by atoms with Gasteiger partial charge in [0.2, 0.25) is 0 Å². The van der Waals surface area contributed by atoms with Gasteiger partial charge in [-0.1, -0.05) is 0 Å². The molecular formula is C55H60Cl2Zr. The van der Waals surface area contributed by atoms with E-state index in [9.17, 15) is 0 Å². The molecule has 0 spiro atoms. The third-order valence-corrected chi connectivity index (χ3v) is 19.9. The predicted molar refractivity (Wildman–Crippen MR) is 243 cm³/mol. The van der Waals surface area contributed by atoms with Gasteiger partial charge in [-0.05, 0) is 0 Å². The number of halogens is 2. The summed E-state index contributed by atoms with van der Waals surface area (Å²) in [6.07, 6.45) is 11.9. The zero-order valence-electron chi connectivity index (χ0n) is 36.3. The summed E-state index contributed by atoms with van der Waals surface area (Å²) < 4.78 is 5.41. The van der Waals surface area contributed by atoms with Crippen LogP contribution >= 0.6 is 0 Å². The Kier molecular flexibility index (Phi) is 13.2. The molecule has 0 nitrogen and oxygen atoms in total. The van der Waals surface area contributed by atoms with Crippen molar-refractivity contribution in [2.75, 3.05) is 0 Å². The first-order chi connectivity index (χ1) is 26.7. The van der Waals surface area contributed by atoms with Crippen molar-refractivity contribution in [1.82, 2.24) is 0 Å². The third kappa shape index (κ3) is 8.36. The molecule has 298 valence electrons. The normalized spacial score (nSPS) is 13.3. The van der Waals surface area contributed by atoms with Gasteiger partial charge in [-0.25, -0.2) is 0 Å². The summed E-state index contributed by atoms with van der Waals surface area (Å²) >= 11 is -2.75. The summed E-state index contributed by atoms with van der Waals surface area (Å²) in [6.45, 7) is 24.4. The smallest absolute Gasteiger partial charge is 1.00 e. The molecule has 2 aliphatic rings. The van der Waals surface area contributed by atoms with E-state index in [1.165, 1.54) is 78.9 Å². The monoisotopic (exact) mass is 880 g/mol. The Morgan fingerprint density at radius 3 is 1.67 bits per heavy atom. The molecule has 3 heteroatoms. The number of benzene rings is 6. The van der Waals surface area contributed by atoms with Crippen molar-refractivity contribution in [2.45, 2.75) is 106 Å². The number of rotatable bonds is 8. The van der Waals surface area contributed by atoms with Crippen LogP contribution in [0.1, 0.15) is 111 Å². The molecule has 6 aromatic carbocycles. The quantitative estimate of drug-likeness (QED) is 0.143. The minimum Gasteiger partial charge on any atom is -1.00 e. The molecular weight excluding hydrogens is 823 g/mol. The Morgan fingerprint density at radius 1 is 0.586 bits per heavy atom. The molecule has 0 radical (unpaired) electrons. The predicted octanol–water partition coefficient (Wildman–Crippen LogP) is 8.85. The first-order valence-electron chi connectivity index (χ1n) is 21.1. The van der Waals surface area contributed by atoms with Gasteiger partial charge in [0.25, 0.3) is 0 Å². The maximum Gasteiger partial charge on any atom is -1.00 e. The van der Waals surface area contributed by atoms with E-state index in [0.717, 1.165) is 12.8 Å². The molecule has 0 aromatic heterocycles. The van der Waals surface area contributed by atoms with Crippen molar-refractivity contribution >= 4 is 28.0 Å². The number of hydrogen-bond acceptors (Lipinski definition) is 0. The summed E-state index contributed by atoms with van der Waals surface area (Å²) in [5.41, 5.74) is 14.6. The van der Waals surface area contributed by atoms with Crippen LogP contribution in [0.5, 0.6) is 0 Å². The molecule has 0 saturated carbocycles. The van der Waals surface area contributed by atoms with Gasteiger partial charge in [-0.3, -0.25) is 0 Å². The summed E-state index contributed by atoms with van der Waals surface area (Å²) in [5, 5.41) is 5.34. The van der Waals surface area contributed by atoms with Crippen LogP contribution in [0.25, 0.3) is 54.9 Å². The van der Waals surface area contributed by atoms with E-state index in [2.05, 4.69) is 191 Å². The molecule has 0 bridgehead atoms. The average molecular weight is 883 g/mol. The van der Waals surface area contributed by atoms with Gasteiger partial charge in [-0.2, -0.15) is 0 Å². The number of fused-ring (bicyclic) bond motifs is 5. The molecule has 0 aliphatic heterocycles. The summed E-state index contributed by atoms with van der Waals surface area (Å²) in [7, 11) is 0. The largest absolute Gasteiger partial charge is 1.00 e. The molecule has 0 unspecified atom stereocenters. The van der Waals surface area contributed by atoms with E-state index in [1.807, 2.05) is 3.21 Å². The summed E-state index contributed by atoms with van der Waals surface area (Å²) in [6, 6.07) is 39.9. The Balaban J connectivity index is 0.00000283. The average Bonchev–Trinajstić information content (AvgIpc) is 3.81. The second-order valence-electron chi connectivity index (χ2n) is 19.5. The van der Waals surface area contributed by atoms with Gasteiger partial charge >= 0.3 is 347 Å². The van der Waals surface area contributed by atoms with E-state index in [-0.39, 0.29) is 35.6 Å². The second kappa shape index (κ2) is 17.3. The van der Waals surface area contributed by atoms with Gasteiger partial charge in [0.15, 0.2) is 0 Å². The molecule has 0 heterocycles. The Bertz CT molecular complexity index is 2580. The van der Waals surface area contributed by atoms with E-state index in [4.69, 9.17) is 0 Å². The van der Waals surface area contributed by atoms with Crippen molar-refractivity contribution in [3.05, 3.63) is 147 Å². The Morgan fingerprint density at radius 2 is 1.12 bits per heavy atom. The third-order valence-electron chi connectivity index (χ3n) is 12.1. The molecule has 0 saturated heterocycles. The molecule has 0 atom stereocenters. The van der Waals surface area contributed by atoms with Gasteiger partial charge < -0.3 is 24.8 Å². The topological polar surface area (TPSA) is 0 Å². The number of hydrogen-bond donors (Lipinski definition) is 0. The first kappa shape index (κ1) is 44.2. The molecule has 0 fully saturated rings. The minimum atomic E-state index is -2.75. The first-order valence-corrected chi connectivity index (χ1v) is 24.8. The van der Waals surface area contributed by atoms with Crippen molar-refractivity contribution in [2.24, 2.45) is 11.8 Å². The molecule has 8 rings (SSSR count). The maximum absolute atomic E-state index is 2.75. The van der Waals surface area contributed by atoms with Crippen LogP contribution in [-0.2, 0) is 38.5 Å². The standard InChI is InChI=1S/C41H37.C9H18.C5H5.2ClH.Zr/c1-40(2,3)38-24-34-28(22-36(38)32-19-11-15-26-13-7-9-17-30(26)32)21-29-23-37(39(25-35(29)34)41(4,5)6)33-20-12-16-27-14-8-10-18-31(27)33;1-8(2)6-5-7-9(3)4;1-2-4-5-3-1;;;/h7-20,22,24-25H,21H2,1-6H3;8-9H,6-7H2,1-4H3;1-3H,4H2;2*1H;/q;;;;;+2/p-2. The Hall–Kier alpha value is -3.35. The van der Waals surface area contributed by atoms with Crippen molar-refractivity contribution < 1.29 is 46.1 Å². The number of allylic oxidation sites excluding steroid dienone is 4. The summed E-state index contributed by atoms with van der Waals surface area (Å²) in [5.74, 6) is 1.26. The van der Waals surface area contributed by atoms with E-state index in [0.29, 0.717) is 11.8 Å². The fraction of sp³-hybridized carbons (Fsp3) is 0.327. The molecule has 2 aliphatic carbocycles. The molecule has 0 N–H and O–H groups in total. The van der Waals surface area contributed by atoms with Crippen LogP contribution in [0.4, 0.5) is 0 Å². The van der Waals surface area contributed by atoms with Crippen molar-refractivity contribution in [3.8, 4) is 33.4 Å². The fourth-order valence-electron chi connectivity index (χ4n) is 9.74. The van der Waals surface area contributed by atoms with E-state index >= 15 is 0 Å². The van der Waals surface area contributed by atoms with Gasteiger partial charge in [0, 0.05) is 0 Å². The van der Waals surface area contributed by atoms with Crippen LogP contribution in [0.15, 0.2) is 125 Å². The molecule has 0 amide bonds. The van der Waals surface area contributed by atoms with Crippen molar-refractivity contribution in [1.29, 1.82) is 0 Å². The van der Waals surface area contributed by atoms with Gasteiger partial charge in [0.1, 0.15) is 0 Å². The fourth-order valence-corrected chi connectivity index (χ4v) is 19.5. The van der Waals surface area contributed by atoms with Crippen LogP contribution in [0.2, 0.25) is 0 Å². The minimum absolute atomic E-state index is 0. The second-order valence-corrected chi connectivity index (χ2v) is 25.9. The van der Waals surface area contributed by atoms with E-state index < -0.39 is 21.3 Å². The zero-order chi connectivity index (χ0) is 39.5. The van der Waals surface area contributed by atoms with Crippen LogP contribution in [-0.4, -0.2) is 3.21 Å². The zero-order valence-corrected chi connectivity index (χ0v) is 40.3. The summed E-state index contributed by atoms with van der Waals surface area (Å²) in [4.78, 5) is 0. The Labute approximate surface area is 369 Å². The molecule has 58 heavy (non-hydrogen) atoms. The van der Waals surface area contributed by atoms with Gasteiger partial charge in [0.05, 0.1) is 0 Å². The van der Waals surface area contributed by atoms with Crippen LogP contribution in [0, 0.1) is 11.8 Å². The molecule has 6 aromatic rings. The van der Waals surface area contributed by atoms with Crippen molar-refractivity contribution in [3.63, 3.8) is 0 Å². The maximum atomic E-state index is 2.67. The van der Waals surface area contributed by atoms with E-state index in [1.54, 1.807) is 17.7 Å². The SMILES string of the molecule is CC(C)C[C](CC(C)C)=[Zr+2]([C]1=CC=CC1)[c]1c2c(cc(C(C)(C)C)c1-c1cccc3ccccc13)-c1cc(C(C)(C)C)c(-c3cccc4ccccc34)cc1C2.[Cl-].[Cl-]. The van der Waals surface area contributed by atoms with Crippen LogP contribution in [0.3, 0.4) is 0 Å². The van der Waals surface area contributed by atoms with Crippen LogP contribution < -0.4 is 28.1 Å².